The average Bonchev–Trinajstić information content (AvgIpc) is 2.78. The van der Waals surface area contributed by atoms with Crippen LogP contribution in [0.2, 0.25) is 5.02 Å². The molecule has 0 spiro atoms. The van der Waals surface area contributed by atoms with Gasteiger partial charge >= 0.3 is 0 Å². The summed E-state index contributed by atoms with van der Waals surface area (Å²) in [5.41, 5.74) is 5.10. The highest BCUT2D eigenvalue weighted by Crippen LogP contribution is 2.26. The summed E-state index contributed by atoms with van der Waals surface area (Å²) >= 11 is 9.59. The first-order valence-electron chi connectivity index (χ1n) is 10.3. The van der Waals surface area contributed by atoms with Crippen LogP contribution < -0.4 is 5.56 Å². The van der Waals surface area contributed by atoms with E-state index in [0.29, 0.717) is 18.1 Å². The second kappa shape index (κ2) is 8.58. The second-order valence-electron chi connectivity index (χ2n) is 7.94. The number of halogens is 2. The smallest absolute Gasteiger partial charge is 0.257 e. The van der Waals surface area contributed by atoms with E-state index in [1.807, 2.05) is 36.4 Å². The van der Waals surface area contributed by atoms with Crippen molar-refractivity contribution in [1.82, 2.24) is 14.5 Å². The fourth-order valence-electron chi connectivity index (χ4n) is 4.37. The Bertz CT molecular complexity index is 1320. The van der Waals surface area contributed by atoms with E-state index in [1.165, 1.54) is 5.56 Å². The van der Waals surface area contributed by atoms with Crippen molar-refractivity contribution in [3.05, 3.63) is 109 Å². The van der Waals surface area contributed by atoms with Gasteiger partial charge in [-0.05, 0) is 59.5 Å². The summed E-state index contributed by atoms with van der Waals surface area (Å²) in [5.74, 6) is 0. The molecule has 2 aromatic carbocycles. The van der Waals surface area contributed by atoms with Crippen molar-refractivity contribution in [2.45, 2.75) is 26.1 Å². The normalized spacial score (nSPS) is 14.0. The summed E-state index contributed by atoms with van der Waals surface area (Å²) in [6, 6.07) is 20.0. The van der Waals surface area contributed by atoms with Gasteiger partial charge in [0.15, 0.2) is 0 Å². The molecule has 5 rings (SSSR count). The van der Waals surface area contributed by atoms with Gasteiger partial charge in [-0.15, -0.1) is 0 Å². The van der Waals surface area contributed by atoms with Crippen LogP contribution in [0.5, 0.6) is 0 Å². The summed E-state index contributed by atoms with van der Waals surface area (Å²) < 4.78 is 2.88. The molecule has 2 aromatic heterocycles. The number of hydrogen-bond donors (Lipinski definition) is 0. The maximum atomic E-state index is 13.6. The van der Waals surface area contributed by atoms with Crippen LogP contribution in [0.4, 0.5) is 0 Å². The highest BCUT2D eigenvalue weighted by molar-refractivity contribution is 9.10. The third kappa shape index (κ3) is 4.18. The maximum absolute atomic E-state index is 13.6. The molecule has 0 unspecified atom stereocenters. The molecule has 1 aliphatic heterocycles. The molecule has 0 N–H and O–H groups in total. The zero-order chi connectivity index (χ0) is 21.4. The lowest BCUT2D eigenvalue weighted by Gasteiger charge is -2.30. The Morgan fingerprint density at radius 2 is 1.81 bits per heavy atom. The van der Waals surface area contributed by atoms with Crippen molar-refractivity contribution in [1.29, 1.82) is 0 Å². The first kappa shape index (κ1) is 20.4. The predicted octanol–water partition coefficient (Wildman–Crippen LogP) is 5.42. The van der Waals surface area contributed by atoms with E-state index < -0.39 is 0 Å². The predicted molar refractivity (Wildman–Crippen MR) is 129 cm³/mol. The van der Waals surface area contributed by atoms with Crippen LogP contribution in [0.1, 0.15) is 22.3 Å². The highest BCUT2D eigenvalue weighted by atomic mass is 79.9. The maximum Gasteiger partial charge on any atom is 0.257 e. The van der Waals surface area contributed by atoms with E-state index >= 15 is 0 Å². The molecule has 0 atom stereocenters. The van der Waals surface area contributed by atoms with Gasteiger partial charge < -0.3 is 0 Å². The molecule has 0 aliphatic carbocycles. The van der Waals surface area contributed by atoms with Crippen LogP contribution in [-0.4, -0.2) is 21.0 Å². The van der Waals surface area contributed by atoms with Gasteiger partial charge in [0.25, 0.3) is 5.56 Å². The first-order chi connectivity index (χ1) is 15.1. The van der Waals surface area contributed by atoms with Crippen LogP contribution in [0, 0.1) is 0 Å². The molecule has 6 heteroatoms. The van der Waals surface area contributed by atoms with E-state index in [0.717, 1.165) is 51.7 Å². The second-order valence-corrected chi connectivity index (χ2v) is 9.29. The Morgan fingerprint density at radius 3 is 2.61 bits per heavy atom. The van der Waals surface area contributed by atoms with Crippen molar-refractivity contribution < 1.29 is 0 Å². The van der Waals surface area contributed by atoms with E-state index in [2.05, 4.69) is 50.1 Å². The van der Waals surface area contributed by atoms with Crippen LogP contribution in [0.3, 0.4) is 0 Å². The zero-order valence-corrected chi connectivity index (χ0v) is 19.2. The summed E-state index contributed by atoms with van der Waals surface area (Å²) in [5, 5.41) is 1.76. The number of benzene rings is 2. The Labute approximate surface area is 194 Å². The van der Waals surface area contributed by atoms with Crippen molar-refractivity contribution in [2.75, 3.05) is 6.54 Å². The fraction of sp³-hybridized carbons (Fsp3) is 0.200. The third-order valence-corrected chi connectivity index (χ3v) is 6.59. The summed E-state index contributed by atoms with van der Waals surface area (Å²) in [6.45, 7) is 2.86. The lowest BCUT2D eigenvalue weighted by Crippen LogP contribution is -2.37. The van der Waals surface area contributed by atoms with Crippen molar-refractivity contribution in [2.24, 2.45) is 0 Å². The molecule has 4 aromatic rings. The van der Waals surface area contributed by atoms with Crippen molar-refractivity contribution >= 4 is 38.6 Å². The molecule has 0 fully saturated rings. The molecule has 1 aliphatic rings. The SMILES string of the molecule is O=c1c2c(c3cccnc3n1Cc1ccc(Cl)cc1)CCN(Cc1cccc(Br)c1)C2. The van der Waals surface area contributed by atoms with Gasteiger partial charge in [-0.2, -0.15) is 0 Å². The van der Waals surface area contributed by atoms with Gasteiger partial charge in [-0.3, -0.25) is 14.3 Å². The van der Waals surface area contributed by atoms with Gasteiger partial charge in [0.2, 0.25) is 0 Å². The number of fused-ring (bicyclic) bond motifs is 3. The Morgan fingerprint density at radius 1 is 0.968 bits per heavy atom. The standard InChI is InChI=1S/C25H21BrClN3O/c26-19-4-1-3-18(13-19)14-29-12-10-21-22-5-2-11-28-24(22)30(25(31)23(21)16-29)15-17-6-8-20(27)9-7-17/h1-9,11,13H,10,12,14-16H2. The largest absolute Gasteiger partial charge is 0.294 e. The number of aromatic nitrogens is 2. The molecule has 156 valence electrons. The zero-order valence-electron chi connectivity index (χ0n) is 16.9. The minimum Gasteiger partial charge on any atom is -0.294 e. The monoisotopic (exact) mass is 493 g/mol. The first-order valence-corrected chi connectivity index (χ1v) is 11.5. The van der Waals surface area contributed by atoms with E-state index in [9.17, 15) is 4.79 Å². The Balaban J connectivity index is 1.54. The van der Waals surface area contributed by atoms with Crippen LogP contribution in [-0.2, 0) is 26.1 Å². The third-order valence-electron chi connectivity index (χ3n) is 5.84. The molecular weight excluding hydrogens is 474 g/mol. The molecule has 0 amide bonds. The van der Waals surface area contributed by atoms with Gasteiger partial charge in [-0.25, -0.2) is 4.98 Å². The topological polar surface area (TPSA) is 38.1 Å². The molecule has 0 bridgehead atoms. The average molecular weight is 495 g/mol. The van der Waals surface area contributed by atoms with Gasteiger partial charge in [-0.1, -0.05) is 51.8 Å². The molecule has 0 saturated heterocycles. The summed E-state index contributed by atoms with van der Waals surface area (Å²) in [6.07, 6.45) is 2.61. The minimum atomic E-state index is 0.0510. The van der Waals surface area contributed by atoms with Crippen LogP contribution in [0.15, 0.2) is 76.1 Å². The number of rotatable bonds is 4. The van der Waals surface area contributed by atoms with Crippen molar-refractivity contribution in [3.8, 4) is 0 Å². The lowest BCUT2D eigenvalue weighted by molar-refractivity contribution is 0.244. The fourth-order valence-corrected chi connectivity index (χ4v) is 4.94. The molecule has 0 saturated carbocycles. The Hall–Kier alpha value is -2.47. The van der Waals surface area contributed by atoms with Crippen LogP contribution >= 0.6 is 27.5 Å². The summed E-state index contributed by atoms with van der Waals surface area (Å²) in [7, 11) is 0. The molecular formula is C25H21BrClN3O. The molecule has 3 heterocycles. The van der Waals surface area contributed by atoms with Gasteiger partial charge in [0.1, 0.15) is 5.65 Å². The van der Waals surface area contributed by atoms with E-state index in [-0.39, 0.29) is 5.56 Å². The van der Waals surface area contributed by atoms with Crippen LogP contribution in [0.25, 0.3) is 11.0 Å². The van der Waals surface area contributed by atoms with Crippen molar-refractivity contribution in [3.63, 3.8) is 0 Å². The Kier molecular flexibility index (Phi) is 5.65. The molecule has 4 nitrogen and oxygen atoms in total. The number of hydrogen-bond acceptors (Lipinski definition) is 3. The van der Waals surface area contributed by atoms with E-state index in [1.54, 1.807) is 10.8 Å². The minimum absolute atomic E-state index is 0.0510. The summed E-state index contributed by atoms with van der Waals surface area (Å²) in [4.78, 5) is 20.5. The number of pyridine rings is 2. The molecule has 0 radical (unpaired) electrons. The highest BCUT2D eigenvalue weighted by Gasteiger charge is 2.24. The quantitative estimate of drug-likeness (QED) is 0.380. The lowest BCUT2D eigenvalue weighted by atomic mass is 9.97. The number of nitrogens with zero attached hydrogens (tertiary/aromatic N) is 3. The van der Waals surface area contributed by atoms with Gasteiger partial charge in [0, 0.05) is 46.3 Å². The van der Waals surface area contributed by atoms with E-state index in [4.69, 9.17) is 11.6 Å². The van der Waals surface area contributed by atoms with Gasteiger partial charge in [0.05, 0.1) is 6.54 Å². The molecule has 31 heavy (non-hydrogen) atoms.